The van der Waals surface area contributed by atoms with Gasteiger partial charge in [-0.2, -0.15) is 0 Å². The molecule has 0 aromatic heterocycles. The van der Waals surface area contributed by atoms with Crippen LogP contribution in [0.3, 0.4) is 0 Å². The number of hydrogen-bond acceptors (Lipinski definition) is 9. The number of phenols is 1. The molecule has 0 amide bonds. The molecule has 1 fully saturated rings. The van der Waals surface area contributed by atoms with Crippen LogP contribution in [0.1, 0.15) is 24.8 Å². The lowest BCUT2D eigenvalue weighted by molar-refractivity contribution is -0.154. The molecular weight excluding hydrogens is 421 g/mol. The van der Waals surface area contributed by atoms with E-state index in [-0.39, 0.29) is 18.8 Å². The van der Waals surface area contributed by atoms with Crippen LogP contribution in [0.5, 0.6) is 5.75 Å². The highest BCUT2D eigenvalue weighted by molar-refractivity contribution is 7.47. The number of carbonyl (C=O) groups excluding carboxylic acids is 1. The van der Waals surface area contributed by atoms with Crippen LogP contribution in [0.2, 0.25) is 0 Å². The number of carbonyl (C=O) groups is 2. The van der Waals surface area contributed by atoms with Crippen molar-refractivity contribution in [3.63, 3.8) is 0 Å². The van der Waals surface area contributed by atoms with Gasteiger partial charge in [0.25, 0.3) is 0 Å². The van der Waals surface area contributed by atoms with E-state index in [1.807, 2.05) is 0 Å². The van der Waals surface area contributed by atoms with Crippen LogP contribution in [-0.4, -0.2) is 65.1 Å². The van der Waals surface area contributed by atoms with Gasteiger partial charge in [-0.1, -0.05) is 18.2 Å². The fourth-order valence-electron chi connectivity index (χ4n) is 2.74. The lowest BCUT2D eigenvalue weighted by Gasteiger charge is -2.32. The summed E-state index contributed by atoms with van der Waals surface area (Å²) in [6.45, 7) is -0.540. The number of nitrogens with two attached hydrogens (primary N) is 1. The molecule has 5 N–H and O–H groups in total. The van der Waals surface area contributed by atoms with Crippen LogP contribution >= 0.6 is 7.82 Å². The number of hydrogen-bond donors (Lipinski definition) is 4. The van der Waals surface area contributed by atoms with Crippen LogP contribution in [-0.2, 0) is 39.1 Å². The summed E-state index contributed by atoms with van der Waals surface area (Å²) in [4.78, 5) is 32.5. The smallest absolute Gasteiger partial charge is 0.472 e. The Hall–Kier alpha value is -2.01. The van der Waals surface area contributed by atoms with Crippen molar-refractivity contribution >= 4 is 19.8 Å². The molecule has 2 unspecified atom stereocenters. The molecule has 1 aliphatic heterocycles. The van der Waals surface area contributed by atoms with Gasteiger partial charge in [0.15, 0.2) is 0 Å². The Balaban J connectivity index is 1.81. The van der Waals surface area contributed by atoms with Crippen LogP contribution in [0.25, 0.3) is 0 Å². The quantitative estimate of drug-likeness (QED) is 0.281. The summed E-state index contributed by atoms with van der Waals surface area (Å²) in [6, 6.07) is 5.17. The summed E-state index contributed by atoms with van der Waals surface area (Å²) in [5.74, 6) is -1.82. The first kappa shape index (κ1) is 24.3. The average Bonchev–Trinajstić information content (AvgIpc) is 2.70. The SMILES string of the molecule is N[C@@H](COP(=O)(O)OC1CCCO[C@@H]1COC(=O)CCc1ccccc1O)C(=O)O. The molecule has 1 aromatic carbocycles. The van der Waals surface area contributed by atoms with Crippen LogP contribution < -0.4 is 5.73 Å². The lowest BCUT2D eigenvalue weighted by Crippen LogP contribution is -2.40. The van der Waals surface area contributed by atoms with Crippen LogP contribution in [0, 0.1) is 0 Å². The van der Waals surface area contributed by atoms with Gasteiger partial charge in [0.05, 0.1) is 12.7 Å². The number of para-hydroxylation sites is 1. The van der Waals surface area contributed by atoms with Gasteiger partial charge < -0.3 is 30.3 Å². The van der Waals surface area contributed by atoms with Crippen molar-refractivity contribution in [2.75, 3.05) is 19.8 Å². The number of carboxylic acids is 1. The van der Waals surface area contributed by atoms with Crippen molar-refractivity contribution in [3.8, 4) is 5.75 Å². The highest BCUT2D eigenvalue weighted by Crippen LogP contribution is 2.46. The van der Waals surface area contributed by atoms with Crippen LogP contribution in [0.4, 0.5) is 0 Å². The summed E-state index contributed by atoms with van der Waals surface area (Å²) in [7, 11) is -4.59. The monoisotopic (exact) mass is 447 g/mol. The Morgan fingerprint density at radius 1 is 1.33 bits per heavy atom. The predicted molar refractivity (Wildman–Crippen MR) is 103 cm³/mol. The number of esters is 1. The van der Waals surface area contributed by atoms with Gasteiger partial charge in [-0.3, -0.25) is 18.6 Å². The standard InChI is InChI=1S/C18H26NO10P/c19-13(18(22)23)10-28-30(24,25)29-15-6-3-9-26-16(15)11-27-17(21)8-7-12-4-1-2-5-14(12)20/h1-2,4-5,13,15-16,20H,3,6-11,19H2,(H,22,23)(H,24,25)/t13-,15?,16+/m0/s1. The zero-order chi connectivity index (χ0) is 22.1. The molecule has 0 aliphatic carbocycles. The van der Waals surface area contributed by atoms with Crippen molar-refractivity contribution < 1.29 is 47.8 Å². The predicted octanol–water partition coefficient (Wildman–Crippen LogP) is 0.961. The number of benzene rings is 1. The molecule has 12 heteroatoms. The zero-order valence-electron chi connectivity index (χ0n) is 16.2. The summed E-state index contributed by atoms with van der Waals surface area (Å²) in [5, 5.41) is 18.4. The number of ether oxygens (including phenoxy) is 2. The van der Waals surface area contributed by atoms with Gasteiger partial charge in [-0.15, -0.1) is 0 Å². The number of phosphoric acid groups is 1. The van der Waals surface area contributed by atoms with E-state index < -0.39 is 44.6 Å². The van der Waals surface area contributed by atoms with E-state index in [4.69, 9.17) is 24.8 Å². The molecule has 168 valence electrons. The highest BCUT2D eigenvalue weighted by atomic mass is 31.2. The van der Waals surface area contributed by atoms with E-state index >= 15 is 0 Å². The molecule has 1 saturated heterocycles. The number of rotatable bonds is 11. The summed E-state index contributed by atoms with van der Waals surface area (Å²) < 4.78 is 32.4. The first-order chi connectivity index (χ1) is 14.2. The molecule has 0 bridgehead atoms. The largest absolute Gasteiger partial charge is 0.508 e. The fourth-order valence-corrected chi connectivity index (χ4v) is 3.74. The Bertz CT molecular complexity index is 773. The van der Waals surface area contributed by atoms with E-state index in [2.05, 4.69) is 4.52 Å². The molecular formula is C18H26NO10P. The highest BCUT2D eigenvalue weighted by Gasteiger charge is 2.36. The Labute approximate surface area is 173 Å². The number of phenolic OH excluding ortho intramolecular Hbond substituents is 1. The Kier molecular flexibility index (Phi) is 9.22. The van der Waals surface area contributed by atoms with Gasteiger partial charge in [0.1, 0.15) is 24.5 Å². The molecule has 4 atom stereocenters. The normalized spacial score (nSPS) is 22.1. The van der Waals surface area contributed by atoms with Gasteiger partial charge >= 0.3 is 19.8 Å². The van der Waals surface area contributed by atoms with Gasteiger partial charge in [0.2, 0.25) is 0 Å². The lowest BCUT2D eigenvalue weighted by atomic mass is 10.1. The minimum atomic E-state index is -4.59. The fraction of sp³-hybridized carbons (Fsp3) is 0.556. The van der Waals surface area contributed by atoms with E-state index in [9.17, 15) is 24.2 Å². The van der Waals surface area contributed by atoms with Crippen molar-refractivity contribution in [2.24, 2.45) is 5.73 Å². The van der Waals surface area contributed by atoms with E-state index in [0.29, 0.717) is 31.4 Å². The van der Waals surface area contributed by atoms with E-state index in [0.717, 1.165) is 0 Å². The number of carboxylic acid groups (broad SMARTS) is 1. The molecule has 0 saturated carbocycles. The van der Waals surface area contributed by atoms with E-state index in [1.54, 1.807) is 18.2 Å². The molecule has 1 heterocycles. The molecule has 2 rings (SSSR count). The Morgan fingerprint density at radius 2 is 2.07 bits per heavy atom. The van der Waals surface area contributed by atoms with Crippen molar-refractivity contribution in [2.45, 2.75) is 43.9 Å². The van der Waals surface area contributed by atoms with Crippen molar-refractivity contribution in [3.05, 3.63) is 29.8 Å². The number of phosphoric ester groups is 1. The molecule has 0 spiro atoms. The maximum atomic E-state index is 12.1. The molecule has 0 radical (unpaired) electrons. The number of aryl methyl sites for hydroxylation is 1. The summed E-state index contributed by atoms with van der Waals surface area (Å²) in [5.41, 5.74) is 5.85. The topological polar surface area (TPSA) is 175 Å². The second kappa shape index (κ2) is 11.4. The van der Waals surface area contributed by atoms with Crippen LogP contribution in [0.15, 0.2) is 24.3 Å². The van der Waals surface area contributed by atoms with Crippen molar-refractivity contribution in [1.82, 2.24) is 0 Å². The average molecular weight is 447 g/mol. The minimum absolute atomic E-state index is 0.0322. The molecule has 30 heavy (non-hydrogen) atoms. The molecule has 1 aliphatic rings. The number of aliphatic carboxylic acids is 1. The second-order valence-electron chi connectivity index (χ2n) is 6.72. The Morgan fingerprint density at radius 3 is 2.77 bits per heavy atom. The third-order valence-corrected chi connectivity index (χ3v) is 5.39. The third-order valence-electron chi connectivity index (χ3n) is 4.38. The first-order valence-corrected chi connectivity index (χ1v) is 10.9. The summed E-state index contributed by atoms with van der Waals surface area (Å²) >= 11 is 0. The van der Waals surface area contributed by atoms with Gasteiger partial charge in [-0.25, -0.2) is 4.57 Å². The maximum absolute atomic E-state index is 12.1. The third kappa shape index (κ3) is 8.02. The first-order valence-electron chi connectivity index (χ1n) is 9.36. The van der Waals surface area contributed by atoms with Gasteiger partial charge in [0, 0.05) is 13.0 Å². The molecule has 11 nitrogen and oxygen atoms in total. The summed E-state index contributed by atoms with van der Waals surface area (Å²) in [6.07, 6.45) is -0.437. The van der Waals surface area contributed by atoms with Gasteiger partial charge in [-0.05, 0) is 30.9 Å². The van der Waals surface area contributed by atoms with Crippen molar-refractivity contribution in [1.29, 1.82) is 0 Å². The maximum Gasteiger partial charge on any atom is 0.472 e. The minimum Gasteiger partial charge on any atom is -0.508 e. The number of aromatic hydroxyl groups is 1. The zero-order valence-corrected chi connectivity index (χ0v) is 17.1. The molecule has 1 aromatic rings. The van der Waals surface area contributed by atoms with E-state index in [1.165, 1.54) is 6.07 Å². The second-order valence-corrected chi connectivity index (χ2v) is 8.12.